The first-order chi connectivity index (χ1) is 15.5. The van der Waals surface area contributed by atoms with Gasteiger partial charge in [-0.25, -0.2) is 0 Å². The molecule has 0 aliphatic heterocycles. The number of nitro groups is 2. The van der Waals surface area contributed by atoms with Crippen molar-refractivity contribution in [2.24, 2.45) is 0 Å². The van der Waals surface area contributed by atoms with E-state index in [-0.39, 0.29) is 11.4 Å². The number of rotatable bonds is 6. The van der Waals surface area contributed by atoms with Crippen LogP contribution < -0.4 is 0 Å². The zero-order chi connectivity index (χ0) is 22.7. The molecule has 8 nitrogen and oxygen atoms in total. The third-order valence-electron chi connectivity index (χ3n) is 5.10. The molecule has 156 valence electrons. The number of aromatic nitrogens is 1. The van der Waals surface area contributed by atoms with Gasteiger partial charge in [0.15, 0.2) is 0 Å². The molecule has 0 fully saturated rings. The third-order valence-corrected chi connectivity index (χ3v) is 5.10. The van der Waals surface area contributed by atoms with E-state index in [4.69, 9.17) is 0 Å². The number of nitriles is 1. The fourth-order valence-corrected chi connectivity index (χ4v) is 3.58. The van der Waals surface area contributed by atoms with Gasteiger partial charge in [0.1, 0.15) is 0 Å². The van der Waals surface area contributed by atoms with E-state index < -0.39 is 9.85 Å². The first-order valence-electron chi connectivity index (χ1n) is 9.64. The molecule has 0 amide bonds. The maximum absolute atomic E-state index is 11.1. The molecule has 0 saturated heterocycles. The average Bonchev–Trinajstić information content (AvgIpc) is 3.15. The summed E-state index contributed by atoms with van der Waals surface area (Å²) in [6, 6.07) is 22.2. The molecule has 0 unspecified atom stereocenters. The topological polar surface area (TPSA) is 115 Å². The maximum atomic E-state index is 11.1. The Kier molecular flexibility index (Phi) is 5.47. The second-order valence-electron chi connectivity index (χ2n) is 7.13. The first-order valence-corrected chi connectivity index (χ1v) is 9.64. The first kappa shape index (κ1) is 20.5. The van der Waals surface area contributed by atoms with Crippen LogP contribution in [-0.4, -0.2) is 14.4 Å². The Labute approximate surface area is 182 Å². The van der Waals surface area contributed by atoms with Crippen LogP contribution in [0.3, 0.4) is 0 Å². The van der Waals surface area contributed by atoms with Crippen LogP contribution in [0, 0.1) is 31.6 Å². The zero-order valence-corrected chi connectivity index (χ0v) is 16.7. The fourth-order valence-electron chi connectivity index (χ4n) is 3.58. The van der Waals surface area contributed by atoms with Crippen LogP contribution in [0.2, 0.25) is 0 Å². The summed E-state index contributed by atoms with van der Waals surface area (Å²) in [5, 5.41) is 32.6. The summed E-state index contributed by atoms with van der Waals surface area (Å²) >= 11 is 0. The predicted molar refractivity (Wildman–Crippen MR) is 121 cm³/mol. The van der Waals surface area contributed by atoms with Crippen LogP contribution in [0.5, 0.6) is 0 Å². The minimum absolute atomic E-state index is 0.0315. The van der Waals surface area contributed by atoms with Crippen molar-refractivity contribution < 1.29 is 9.85 Å². The molecule has 0 N–H and O–H groups in total. The number of nitrogens with zero attached hydrogens (tertiary/aromatic N) is 4. The number of para-hydroxylation sites is 1. The Morgan fingerprint density at radius 3 is 2.34 bits per heavy atom. The molecule has 0 aliphatic rings. The van der Waals surface area contributed by atoms with Crippen molar-refractivity contribution in [1.82, 2.24) is 4.57 Å². The molecule has 0 atom stereocenters. The van der Waals surface area contributed by atoms with Crippen molar-refractivity contribution in [2.75, 3.05) is 0 Å². The fraction of sp³-hybridized carbons (Fsp3) is 0.0417. The van der Waals surface area contributed by atoms with E-state index >= 15 is 0 Å². The minimum Gasteiger partial charge on any atom is -0.342 e. The van der Waals surface area contributed by atoms with E-state index in [2.05, 4.69) is 6.07 Å². The summed E-state index contributed by atoms with van der Waals surface area (Å²) in [7, 11) is 0. The second kappa shape index (κ2) is 8.53. The van der Waals surface area contributed by atoms with Crippen LogP contribution in [0.15, 0.2) is 79.0 Å². The molecular weight excluding hydrogens is 408 g/mol. The monoisotopic (exact) mass is 424 g/mol. The van der Waals surface area contributed by atoms with E-state index in [1.165, 1.54) is 18.2 Å². The van der Waals surface area contributed by atoms with Gasteiger partial charge in [-0.15, -0.1) is 0 Å². The normalized spacial score (nSPS) is 11.3. The van der Waals surface area contributed by atoms with Crippen molar-refractivity contribution in [3.63, 3.8) is 0 Å². The number of nitro benzene ring substituents is 2. The van der Waals surface area contributed by atoms with Gasteiger partial charge in [-0.05, 0) is 35.4 Å². The predicted octanol–water partition coefficient (Wildman–Crippen LogP) is 5.57. The smallest absolute Gasteiger partial charge is 0.269 e. The Bertz CT molecular complexity index is 1410. The van der Waals surface area contributed by atoms with Crippen LogP contribution in [0.1, 0.15) is 16.7 Å². The molecule has 0 saturated carbocycles. The van der Waals surface area contributed by atoms with Crippen LogP contribution in [0.25, 0.3) is 22.6 Å². The van der Waals surface area contributed by atoms with Gasteiger partial charge >= 0.3 is 0 Å². The largest absolute Gasteiger partial charge is 0.342 e. The molecule has 1 aromatic heterocycles. The molecule has 3 aromatic carbocycles. The lowest BCUT2D eigenvalue weighted by Crippen LogP contribution is -1.98. The number of non-ortho nitro benzene ring substituents is 2. The maximum Gasteiger partial charge on any atom is 0.269 e. The Morgan fingerprint density at radius 1 is 0.938 bits per heavy atom. The molecule has 32 heavy (non-hydrogen) atoms. The van der Waals surface area contributed by atoms with E-state index in [0.29, 0.717) is 17.7 Å². The summed E-state index contributed by atoms with van der Waals surface area (Å²) in [5.74, 6) is 0. The molecule has 8 heteroatoms. The van der Waals surface area contributed by atoms with E-state index in [1.54, 1.807) is 30.3 Å². The van der Waals surface area contributed by atoms with Gasteiger partial charge in [0.25, 0.3) is 11.4 Å². The van der Waals surface area contributed by atoms with Crippen molar-refractivity contribution >= 4 is 33.9 Å². The number of hydrogen-bond donors (Lipinski definition) is 0. The Balaban J connectivity index is 1.75. The van der Waals surface area contributed by atoms with Crippen molar-refractivity contribution in [1.29, 1.82) is 5.26 Å². The van der Waals surface area contributed by atoms with Crippen LogP contribution in [0.4, 0.5) is 11.4 Å². The number of fused-ring (bicyclic) bond motifs is 1. The molecule has 1 heterocycles. The van der Waals surface area contributed by atoms with E-state index in [1.807, 2.05) is 41.1 Å². The SMILES string of the molecule is N#C/C(=C/c1cn(Cc2cccc([N+](=O)[O-])c2)c2ccccc12)c1ccc([N+](=O)[O-])cc1. The highest BCUT2D eigenvalue weighted by Crippen LogP contribution is 2.28. The van der Waals surface area contributed by atoms with Gasteiger partial charge in [0.2, 0.25) is 0 Å². The highest BCUT2D eigenvalue weighted by molar-refractivity contribution is 5.98. The lowest BCUT2D eigenvalue weighted by atomic mass is 10.0. The number of benzene rings is 3. The summed E-state index contributed by atoms with van der Waals surface area (Å²) in [5.41, 5.74) is 3.45. The molecule has 0 bridgehead atoms. The van der Waals surface area contributed by atoms with Gasteiger partial charge < -0.3 is 4.57 Å². The third kappa shape index (κ3) is 4.08. The molecule has 0 aliphatic carbocycles. The standard InChI is InChI=1S/C24H16N4O4/c25-14-19(18-8-10-21(11-9-18)27(29)30)13-20-16-26(24-7-2-1-6-23(20)24)15-17-4-3-5-22(12-17)28(31)32/h1-13,16H,15H2/b19-13-. The van der Waals surface area contributed by atoms with Gasteiger partial charge in [-0.3, -0.25) is 20.2 Å². The summed E-state index contributed by atoms with van der Waals surface area (Å²) < 4.78 is 1.98. The quantitative estimate of drug-likeness (QED) is 0.228. The summed E-state index contributed by atoms with van der Waals surface area (Å²) in [6.45, 7) is 0.426. The lowest BCUT2D eigenvalue weighted by Gasteiger charge is -2.05. The summed E-state index contributed by atoms with van der Waals surface area (Å²) in [4.78, 5) is 21.1. The van der Waals surface area contributed by atoms with E-state index in [0.717, 1.165) is 22.0 Å². The summed E-state index contributed by atoms with van der Waals surface area (Å²) in [6.07, 6.45) is 3.64. The van der Waals surface area contributed by atoms with Gasteiger partial charge in [-0.2, -0.15) is 5.26 Å². The minimum atomic E-state index is -0.485. The second-order valence-corrected chi connectivity index (χ2v) is 7.13. The lowest BCUT2D eigenvalue weighted by molar-refractivity contribution is -0.385. The Morgan fingerprint density at radius 2 is 1.66 bits per heavy atom. The van der Waals surface area contributed by atoms with Gasteiger partial charge in [-0.1, -0.05) is 30.3 Å². The zero-order valence-electron chi connectivity index (χ0n) is 16.7. The van der Waals surface area contributed by atoms with Crippen molar-refractivity contribution in [3.05, 3.63) is 116 Å². The molecular formula is C24H16N4O4. The van der Waals surface area contributed by atoms with Crippen LogP contribution in [-0.2, 0) is 6.54 Å². The van der Waals surface area contributed by atoms with Gasteiger partial charge in [0.05, 0.1) is 21.5 Å². The molecule has 4 aromatic rings. The molecule has 0 radical (unpaired) electrons. The van der Waals surface area contributed by atoms with Crippen LogP contribution >= 0.6 is 0 Å². The Hall–Kier alpha value is -4.77. The average molecular weight is 424 g/mol. The van der Waals surface area contributed by atoms with Gasteiger partial charge in [0, 0.05) is 53.5 Å². The molecule has 0 spiro atoms. The van der Waals surface area contributed by atoms with Crippen molar-refractivity contribution in [2.45, 2.75) is 6.54 Å². The highest BCUT2D eigenvalue weighted by atomic mass is 16.6. The number of hydrogen-bond acceptors (Lipinski definition) is 5. The number of allylic oxidation sites excluding steroid dienone is 1. The van der Waals surface area contributed by atoms with E-state index in [9.17, 15) is 25.5 Å². The highest BCUT2D eigenvalue weighted by Gasteiger charge is 2.12. The van der Waals surface area contributed by atoms with Crippen molar-refractivity contribution in [3.8, 4) is 6.07 Å². The molecule has 4 rings (SSSR count).